The minimum atomic E-state index is -0.480. The normalized spacial score (nSPS) is 16.5. The molecule has 1 aliphatic heterocycles. The molecule has 0 aromatic heterocycles. The number of hydrogen-bond donors (Lipinski definition) is 1. The number of rotatable bonds is 5. The molecule has 1 N–H and O–H groups in total. The molecule has 1 fully saturated rings. The van der Waals surface area contributed by atoms with E-state index in [1.54, 1.807) is 23.1 Å². The van der Waals surface area contributed by atoms with Crippen molar-refractivity contribution in [2.24, 2.45) is 0 Å². The van der Waals surface area contributed by atoms with Crippen LogP contribution < -0.4 is 19.7 Å². The fourth-order valence-corrected chi connectivity index (χ4v) is 2.95. The minimum absolute atomic E-state index is 0.109. The van der Waals surface area contributed by atoms with Gasteiger partial charge >= 0.3 is 0 Å². The second-order valence-corrected chi connectivity index (χ2v) is 5.93. The molecule has 2 aromatic carbocycles. The number of halogens is 1. The molecule has 0 unspecified atom stereocenters. The van der Waals surface area contributed by atoms with E-state index in [0.717, 1.165) is 6.07 Å². The Labute approximate surface area is 150 Å². The lowest BCUT2D eigenvalue weighted by atomic mass is 10.2. The number of nitrogens with one attached hydrogen (secondary N) is 1. The lowest BCUT2D eigenvalue weighted by Gasteiger charge is -2.19. The highest BCUT2D eigenvalue weighted by Crippen LogP contribution is 2.33. The van der Waals surface area contributed by atoms with Gasteiger partial charge in [-0.1, -0.05) is 6.07 Å². The molecule has 0 saturated carbocycles. The number of methoxy groups -OCH3 is 2. The van der Waals surface area contributed by atoms with Crippen LogP contribution >= 0.6 is 0 Å². The molecule has 26 heavy (non-hydrogen) atoms. The van der Waals surface area contributed by atoms with Crippen LogP contribution in [0.1, 0.15) is 16.8 Å². The summed E-state index contributed by atoms with van der Waals surface area (Å²) in [7, 11) is 3.06. The van der Waals surface area contributed by atoms with E-state index >= 15 is 0 Å². The van der Waals surface area contributed by atoms with Crippen molar-refractivity contribution in [2.45, 2.75) is 12.5 Å². The molecule has 0 spiro atoms. The Morgan fingerprint density at radius 2 is 1.92 bits per heavy atom. The summed E-state index contributed by atoms with van der Waals surface area (Å²) in [6.45, 7) is 0.329. The first-order chi connectivity index (χ1) is 12.5. The molecule has 6 nitrogen and oxygen atoms in total. The lowest BCUT2D eigenvalue weighted by molar-refractivity contribution is -0.117. The number of anilines is 1. The number of carbonyl (C=O) groups is 2. The third kappa shape index (κ3) is 3.61. The molecular formula is C19H19FN2O4. The molecule has 0 aliphatic carbocycles. The predicted octanol–water partition coefficient (Wildman–Crippen LogP) is 2.38. The van der Waals surface area contributed by atoms with Gasteiger partial charge in [0, 0.05) is 30.3 Å². The summed E-state index contributed by atoms with van der Waals surface area (Å²) in [5.41, 5.74) is 0.886. The third-order valence-corrected chi connectivity index (χ3v) is 4.23. The Kier molecular flexibility index (Phi) is 5.06. The highest BCUT2D eigenvalue weighted by molar-refractivity contribution is 5.99. The van der Waals surface area contributed by atoms with E-state index in [1.165, 1.54) is 32.4 Å². The van der Waals surface area contributed by atoms with Crippen molar-refractivity contribution in [2.75, 3.05) is 25.7 Å². The lowest BCUT2D eigenvalue weighted by Crippen LogP contribution is -2.37. The van der Waals surface area contributed by atoms with E-state index in [9.17, 15) is 14.0 Å². The summed E-state index contributed by atoms with van der Waals surface area (Å²) in [5.74, 6) is 0.0919. The van der Waals surface area contributed by atoms with Gasteiger partial charge in [-0.05, 0) is 30.3 Å². The number of benzene rings is 2. The maximum atomic E-state index is 13.3. The first-order valence-corrected chi connectivity index (χ1v) is 8.10. The molecule has 0 bridgehead atoms. The second kappa shape index (κ2) is 7.43. The van der Waals surface area contributed by atoms with Gasteiger partial charge in [-0.25, -0.2) is 4.39 Å². The molecule has 2 aromatic rings. The quantitative estimate of drug-likeness (QED) is 0.891. The molecule has 7 heteroatoms. The van der Waals surface area contributed by atoms with Gasteiger partial charge in [-0.3, -0.25) is 9.59 Å². The Balaban J connectivity index is 1.72. The molecule has 0 radical (unpaired) electrons. The molecular weight excluding hydrogens is 339 g/mol. The largest absolute Gasteiger partial charge is 0.493 e. The van der Waals surface area contributed by atoms with Crippen LogP contribution in [0.15, 0.2) is 42.5 Å². The van der Waals surface area contributed by atoms with Gasteiger partial charge in [-0.15, -0.1) is 0 Å². The zero-order valence-corrected chi connectivity index (χ0v) is 14.5. The van der Waals surface area contributed by atoms with Gasteiger partial charge in [-0.2, -0.15) is 0 Å². The van der Waals surface area contributed by atoms with Crippen LogP contribution in [0.2, 0.25) is 0 Å². The predicted molar refractivity (Wildman–Crippen MR) is 94.2 cm³/mol. The van der Waals surface area contributed by atoms with Crippen molar-refractivity contribution < 1.29 is 23.5 Å². The third-order valence-electron chi connectivity index (χ3n) is 4.23. The Morgan fingerprint density at radius 3 is 2.62 bits per heavy atom. The van der Waals surface area contributed by atoms with Crippen LogP contribution in [0.4, 0.5) is 10.1 Å². The van der Waals surface area contributed by atoms with Crippen molar-refractivity contribution in [3.8, 4) is 11.5 Å². The molecule has 2 amide bonds. The average molecular weight is 358 g/mol. The van der Waals surface area contributed by atoms with Crippen molar-refractivity contribution in [1.29, 1.82) is 0 Å². The van der Waals surface area contributed by atoms with E-state index in [1.807, 2.05) is 0 Å². The van der Waals surface area contributed by atoms with Crippen molar-refractivity contribution in [3.05, 3.63) is 53.8 Å². The second-order valence-electron chi connectivity index (χ2n) is 5.93. The van der Waals surface area contributed by atoms with Crippen LogP contribution in [-0.4, -0.2) is 38.6 Å². The smallest absolute Gasteiger partial charge is 0.251 e. The molecule has 136 valence electrons. The van der Waals surface area contributed by atoms with Gasteiger partial charge < -0.3 is 19.7 Å². The van der Waals surface area contributed by atoms with Crippen LogP contribution in [0.3, 0.4) is 0 Å². The Hall–Kier alpha value is -3.09. The maximum Gasteiger partial charge on any atom is 0.251 e. The summed E-state index contributed by atoms with van der Waals surface area (Å²) in [6.07, 6.45) is 0.176. The standard InChI is InChI=1S/C19H19FN2O4/c1-25-16-7-6-15(10-17(16)26-2)22-11-14(9-18(22)23)21-19(24)12-4-3-5-13(20)8-12/h3-8,10,14H,9,11H2,1-2H3,(H,21,24)/t14-/m1/s1. The first-order valence-electron chi connectivity index (χ1n) is 8.10. The zero-order valence-electron chi connectivity index (χ0n) is 14.5. The van der Waals surface area contributed by atoms with E-state index in [-0.39, 0.29) is 23.9 Å². The van der Waals surface area contributed by atoms with Gasteiger partial charge in [0.2, 0.25) is 5.91 Å². The van der Waals surface area contributed by atoms with E-state index < -0.39 is 11.7 Å². The van der Waals surface area contributed by atoms with Gasteiger partial charge in [0.25, 0.3) is 5.91 Å². The van der Waals surface area contributed by atoms with Gasteiger partial charge in [0.15, 0.2) is 11.5 Å². The first kappa shape index (κ1) is 17.7. The summed E-state index contributed by atoms with van der Waals surface area (Å²) in [4.78, 5) is 26.2. The summed E-state index contributed by atoms with van der Waals surface area (Å²) in [6, 6.07) is 10.3. The number of hydrogen-bond acceptors (Lipinski definition) is 4. The monoisotopic (exact) mass is 358 g/mol. The number of ether oxygens (including phenoxy) is 2. The molecule has 1 atom stereocenters. The van der Waals surface area contributed by atoms with Crippen molar-refractivity contribution in [1.82, 2.24) is 5.32 Å². The van der Waals surface area contributed by atoms with E-state index in [0.29, 0.717) is 23.7 Å². The van der Waals surface area contributed by atoms with Crippen molar-refractivity contribution in [3.63, 3.8) is 0 Å². The Bertz CT molecular complexity index is 840. The minimum Gasteiger partial charge on any atom is -0.493 e. The van der Waals surface area contributed by atoms with Crippen LogP contribution in [0.5, 0.6) is 11.5 Å². The molecule has 3 rings (SSSR count). The zero-order chi connectivity index (χ0) is 18.7. The fraction of sp³-hybridized carbons (Fsp3) is 0.263. The van der Waals surface area contributed by atoms with Gasteiger partial charge in [0.05, 0.1) is 20.3 Å². The number of nitrogens with zero attached hydrogens (tertiary/aromatic N) is 1. The van der Waals surface area contributed by atoms with Crippen molar-refractivity contribution >= 4 is 17.5 Å². The highest BCUT2D eigenvalue weighted by Gasteiger charge is 2.32. The molecule has 1 saturated heterocycles. The number of amides is 2. The highest BCUT2D eigenvalue weighted by atomic mass is 19.1. The summed E-state index contributed by atoms with van der Waals surface area (Å²) >= 11 is 0. The fourth-order valence-electron chi connectivity index (χ4n) is 2.95. The van der Waals surface area contributed by atoms with Gasteiger partial charge in [0.1, 0.15) is 5.82 Å². The van der Waals surface area contributed by atoms with Crippen LogP contribution in [0, 0.1) is 5.82 Å². The maximum absolute atomic E-state index is 13.3. The summed E-state index contributed by atoms with van der Waals surface area (Å²) < 4.78 is 23.7. The van der Waals surface area contributed by atoms with E-state index in [4.69, 9.17) is 9.47 Å². The molecule has 1 heterocycles. The molecule has 1 aliphatic rings. The van der Waals surface area contributed by atoms with Crippen LogP contribution in [0.25, 0.3) is 0 Å². The summed E-state index contributed by atoms with van der Waals surface area (Å²) in [5, 5.41) is 2.78. The Morgan fingerprint density at radius 1 is 1.15 bits per heavy atom. The number of carbonyl (C=O) groups excluding carboxylic acids is 2. The van der Waals surface area contributed by atoms with Crippen LogP contribution in [-0.2, 0) is 4.79 Å². The topological polar surface area (TPSA) is 67.9 Å². The van der Waals surface area contributed by atoms with E-state index in [2.05, 4.69) is 5.32 Å². The average Bonchev–Trinajstić information content (AvgIpc) is 3.01. The SMILES string of the molecule is COc1ccc(N2C[C@H](NC(=O)c3cccc(F)c3)CC2=O)cc1OC.